The molecule has 0 aliphatic carbocycles. The van der Waals surface area contributed by atoms with Crippen molar-refractivity contribution in [3.63, 3.8) is 0 Å². The second kappa shape index (κ2) is 6.10. The highest BCUT2D eigenvalue weighted by Crippen LogP contribution is 2.21. The molecule has 1 aromatic carbocycles. The van der Waals surface area contributed by atoms with Gasteiger partial charge in [0.05, 0.1) is 0 Å². The molecule has 19 heavy (non-hydrogen) atoms. The van der Waals surface area contributed by atoms with Crippen molar-refractivity contribution < 1.29 is 13.6 Å². The van der Waals surface area contributed by atoms with E-state index in [1.807, 2.05) is 0 Å². The number of amides is 1. The minimum atomic E-state index is -0.815. The first kappa shape index (κ1) is 13.9. The van der Waals surface area contributed by atoms with Crippen LogP contribution in [0.15, 0.2) is 18.2 Å². The number of nitrogens with zero attached hydrogens (tertiary/aromatic N) is 1. The Labute approximate surface area is 111 Å². The number of hydrogen-bond acceptors (Lipinski definition) is 2. The lowest BCUT2D eigenvalue weighted by Gasteiger charge is -2.29. The maximum atomic E-state index is 13.7. The van der Waals surface area contributed by atoms with E-state index < -0.39 is 23.1 Å². The van der Waals surface area contributed by atoms with Crippen LogP contribution in [0, 0.1) is 11.6 Å². The van der Waals surface area contributed by atoms with E-state index in [9.17, 15) is 13.6 Å². The fraction of sp³-hybridized carbons (Fsp3) is 0.500. The van der Waals surface area contributed by atoms with E-state index in [-0.39, 0.29) is 6.04 Å². The molecular weight excluding hydrogens is 250 g/mol. The molecule has 1 aliphatic rings. The smallest absolute Gasteiger partial charge is 0.260 e. The van der Waals surface area contributed by atoms with E-state index in [1.54, 1.807) is 0 Å². The first-order chi connectivity index (χ1) is 9.15. The highest BCUT2D eigenvalue weighted by Gasteiger charge is 2.28. The second-order valence-corrected chi connectivity index (χ2v) is 4.83. The van der Waals surface area contributed by atoms with Gasteiger partial charge >= 0.3 is 0 Å². The van der Waals surface area contributed by atoms with E-state index in [0.717, 1.165) is 37.8 Å². The zero-order valence-corrected chi connectivity index (χ0v) is 10.7. The molecule has 104 valence electrons. The normalized spacial score (nSPS) is 20.2. The van der Waals surface area contributed by atoms with Gasteiger partial charge in [0.1, 0.15) is 17.2 Å². The van der Waals surface area contributed by atoms with E-state index in [1.165, 1.54) is 11.0 Å². The number of halogens is 2. The number of carbonyl (C=O) groups is 1. The lowest BCUT2D eigenvalue weighted by Crippen LogP contribution is -2.44. The Balaban J connectivity index is 2.30. The third kappa shape index (κ3) is 2.92. The van der Waals surface area contributed by atoms with Gasteiger partial charge in [0.25, 0.3) is 5.91 Å². The van der Waals surface area contributed by atoms with Gasteiger partial charge in [0, 0.05) is 19.1 Å². The molecule has 0 aromatic heterocycles. The number of nitrogens with two attached hydrogens (primary N) is 1. The summed E-state index contributed by atoms with van der Waals surface area (Å²) in [5.74, 6) is -2.22. The fourth-order valence-corrected chi connectivity index (χ4v) is 2.54. The second-order valence-electron chi connectivity index (χ2n) is 4.83. The molecule has 1 atom stereocenters. The lowest BCUT2D eigenvalue weighted by molar-refractivity contribution is 0.0679. The Morgan fingerprint density at radius 1 is 1.26 bits per heavy atom. The molecule has 3 nitrogen and oxygen atoms in total. The van der Waals surface area contributed by atoms with Crippen LogP contribution in [0.5, 0.6) is 0 Å². The predicted molar refractivity (Wildman–Crippen MR) is 68.7 cm³/mol. The number of rotatable bonds is 2. The number of carbonyl (C=O) groups excluding carboxylic acids is 1. The third-order valence-electron chi connectivity index (χ3n) is 3.59. The van der Waals surface area contributed by atoms with Crippen molar-refractivity contribution in [3.05, 3.63) is 35.4 Å². The number of likely N-dealkylation sites (tertiary alicyclic amines) is 1. The van der Waals surface area contributed by atoms with Crippen LogP contribution in [0.4, 0.5) is 8.78 Å². The summed E-state index contributed by atoms with van der Waals surface area (Å²) < 4.78 is 27.3. The molecule has 1 unspecified atom stereocenters. The van der Waals surface area contributed by atoms with Gasteiger partial charge in [-0.05, 0) is 25.0 Å². The molecule has 1 amide bonds. The zero-order chi connectivity index (χ0) is 13.8. The Morgan fingerprint density at radius 3 is 2.58 bits per heavy atom. The maximum Gasteiger partial charge on any atom is 0.260 e. The summed E-state index contributed by atoms with van der Waals surface area (Å²) in [7, 11) is 0. The molecule has 0 bridgehead atoms. The van der Waals surface area contributed by atoms with Gasteiger partial charge in [0.2, 0.25) is 0 Å². The monoisotopic (exact) mass is 268 g/mol. The molecule has 5 heteroatoms. The SMILES string of the molecule is NCC1CCCCCN1C(=O)c1c(F)cccc1F. The summed E-state index contributed by atoms with van der Waals surface area (Å²) >= 11 is 0. The van der Waals surface area contributed by atoms with Crippen LogP contribution < -0.4 is 5.73 Å². The predicted octanol–water partition coefficient (Wildman–Crippen LogP) is 2.31. The van der Waals surface area contributed by atoms with Gasteiger partial charge in [0.15, 0.2) is 0 Å². The minimum absolute atomic E-state index is 0.131. The Hall–Kier alpha value is -1.49. The summed E-state index contributed by atoms with van der Waals surface area (Å²) in [6, 6.07) is 3.33. The van der Waals surface area contributed by atoms with Gasteiger partial charge < -0.3 is 10.6 Å². The summed E-state index contributed by atoms with van der Waals surface area (Å²) in [5, 5.41) is 0. The van der Waals surface area contributed by atoms with Crippen molar-refractivity contribution in [2.24, 2.45) is 5.73 Å². The molecule has 0 radical (unpaired) electrons. The molecule has 0 saturated carbocycles. The van der Waals surface area contributed by atoms with Crippen molar-refractivity contribution in [2.45, 2.75) is 31.7 Å². The van der Waals surface area contributed by atoms with Gasteiger partial charge in [-0.1, -0.05) is 18.9 Å². The fourth-order valence-electron chi connectivity index (χ4n) is 2.54. The van der Waals surface area contributed by atoms with Crippen molar-refractivity contribution in [2.75, 3.05) is 13.1 Å². The molecule has 2 N–H and O–H groups in total. The Kier molecular flexibility index (Phi) is 4.47. The van der Waals surface area contributed by atoms with Crippen molar-refractivity contribution in [1.29, 1.82) is 0 Å². The number of benzene rings is 1. The molecule has 2 rings (SSSR count). The zero-order valence-electron chi connectivity index (χ0n) is 10.7. The molecule has 1 heterocycles. The molecule has 0 spiro atoms. The first-order valence-electron chi connectivity index (χ1n) is 6.60. The van der Waals surface area contributed by atoms with Crippen LogP contribution >= 0.6 is 0 Å². The molecular formula is C14H18F2N2O. The van der Waals surface area contributed by atoms with Crippen LogP contribution in [0.3, 0.4) is 0 Å². The highest BCUT2D eigenvalue weighted by molar-refractivity contribution is 5.95. The lowest BCUT2D eigenvalue weighted by atomic mass is 10.1. The summed E-state index contributed by atoms with van der Waals surface area (Å²) in [4.78, 5) is 13.9. The Morgan fingerprint density at radius 2 is 1.95 bits per heavy atom. The van der Waals surface area contributed by atoms with Crippen LogP contribution in [-0.2, 0) is 0 Å². The average Bonchev–Trinajstić information content (AvgIpc) is 2.63. The van der Waals surface area contributed by atoms with Crippen LogP contribution in [0.25, 0.3) is 0 Å². The first-order valence-corrected chi connectivity index (χ1v) is 6.60. The van der Waals surface area contributed by atoms with E-state index in [2.05, 4.69) is 0 Å². The third-order valence-corrected chi connectivity index (χ3v) is 3.59. The topological polar surface area (TPSA) is 46.3 Å². The quantitative estimate of drug-likeness (QED) is 0.894. The maximum absolute atomic E-state index is 13.7. The largest absolute Gasteiger partial charge is 0.334 e. The van der Waals surface area contributed by atoms with Gasteiger partial charge in [-0.3, -0.25) is 4.79 Å². The summed E-state index contributed by atoms with van der Waals surface area (Å²) in [6.07, 6.45) is 3.64. The molecule has 1 fully saturated rings. The van der Waals surface area contributed by atoms with E-state index in [4.69, 9.17) is 5.73 Å². The van der Waals surface area contributed by atoms with E-state index in [0.29, 0.717) is 13.1 Å². The molecule has 1 saturated heterocycles. The van der Waals surface area contributed by atoms with Gasteiger partial charge in [-0.2, -0.15) is 0 Å². The van der Waals surface area contributed by atoms with Gasteiger partial charge in [-0.25, -0.2) is 8.78 Å². The standard InChI is InChI=1S/C14H18F2N2O/c15-11-6-4-7-12(16)13(11)14(19)18-8-3-1-2-5-10(18)9-17/h4,6-7,10H,1-3,5,8-9,17H2. The van der Waals surface area contributed by atoms with Crippen LogP contribution in [0.1, 0.15) is 36.0 Å². The molecule has 1 aromatic rings. The Bertz CT molecular complexity index is 445. The van der Waals surface area contributed by atoms with E-state index >= 15 is 0 Å². The van der Waals surface area contributed by atoms with Crippen molar-refractivity contribution in [1.82, 2.24) is 4.90 Å². The summed E-state index contributed by atoms with van der Waals surface area (Å²) in [6.45, 7) is 0.830. The number of hydrogen-bond donors (Lipinski definition) is 1. The highest BCUT2D eigenvalue weighted by atomic mass is 19.1. The van der Waals surface area contributed by atoms with Crippen LogP contribution in [0.2, 0.25) is 0 Å². The van der Waals surface area contributed by atoms with Gasteiger partial charge in [-0.15, -0.1) is 0 Å². The minimum Gasteiger partial charge on any atom is -0.334 e. The van der Waals surface area contributed by atoms with Crippen LogP contribution in [-0.4, -0.2) is 29.9 Å². The van der Waals surface area contributed by atoms with Crippen molar-refractivity contribution >= 4 is 5.91 Å². The summed E-state index contributed by atoms with van der Waals surface area (Å²) in [5.41, 5.74) is 5.20. The molecule has 1 aliphatic heterocycles. The van der Waals surface area contributed by atoms with Crippen molar-refractivity contribution in [3.8, 4) is 0 Å². The average molecular weight is 268 g/mol.